The van der Waals surface area contributed by atoms with E-state index < -0.39 is 6.10 Å². The Morgan fingerprint density at radius 3 is 0.897 bits per heavy atom. The Morgan fingerprint density at radius 1 is 0.309 bits per heavy atom. The van der Waals surface area contributed by atoms with Crippen LogP contribution in [0.1, 0.15) is 310 Å². The van der Waals surface area contributed by atoms with Crippen LogP contribution in [0.25, 0.3) is 0 Å². The molecule has 0 amide bonds. The molecular weight excluding hydrogens is 841 g/mol. The van der Waals surface area contributed by atoms with Gasteiger partial charge in [-0.2, -0.15) is 0 Å². The molecular formula is C62H112O6. The third-order valence-corrected chi connectivity index (χ3v) is 13.2. The number of carbonyl (C=O) groups is 3. The van der Waals surface area contributed by atoms with Crippen molar-refractivity contribution < 1.29 is 28.6 Å². The van der Waals surface area contributed by atoms with Crippen molar-refractivity contribution in [1.29, 1.82) is 0 Å². The maximum atomic E-state index is 12.9. The lowest BCUT2D eigenvalue weighted by atomic mass is 10.0. The van der Waals surface area contributed by atoms with Gasteiger partial charge < -0.3 is 14.2 Å². The van der Waals surface area contributed by atoms with Crippen LogP contribution in [0.15, 0.2) is 48.6 Å². The van der Waals surface area contributed by atoms with E-state index in [9.17, 15) is 14.4 Å². The quantitative estimate of drug-likeness (QED) is 0.0262. The number of carbonyl (C=O) groups excluding carboxylic acids is 3. The molecule has 0 aliphatic carbocycles. The number of unbranched alkanes of at least 4 members (excludes halogenated alkanes) is 38. The molecule has 0 aliphatic rings. The molecule has 0 aromatic heterocycles. The molecule has 68 heavy (non-hydrogen) atoms. The summed E-state index contributed by atoms with van der Waals surface area (Å²) in [5.74, 6) is -0.903. The first-order chi connectivity index (χ1) is 33.5. The van der Waals surface area contributed by atoms with Gasteiger partial charge in [-0.1, -0.05) is 301 Å². The molecule has 0 aromatic rings. The highest BCUT2D eigenvalue weighted by molar-refractivity contribution is 5.71. The second kappa shape index (κ2) is 57.0. The number of rotatable bonds is 54. The van der Waals surface area contributed by atoms with Crippen LogP contribution in [0.4, 0.5) is 0 Å². The molecule has 0 saturated carbocycles. The van der Waals surface area contributed by atoms with Crippen molar-refractivity contribution in [3.05, 3.63) is 48.6 Å². The zero-order valence-corrected chi connectivity index (χ0v) is 45.4. The fourth-order valence-corrected chi connectivity index (χ4v) is 8.75. The third-order valence-electron chi connectivity index (χ3n) is 13.2. The Hall–Kier alpha value is -2.63. The summed E-state index contributed by atoms with van der Waals surface area (Å²) in [6.45, 7) is 6.52. The molecule has 1 atom stereocenters. The summed E-state index contributed by atoms with van der Waals surface area (Å²) < 4.78 is 16.9. The van der Waals surface area contributed by atoms with Crippen molar-refractivity contribution in [3.63, 3.8) is 0 Å². The Morgan fingerprint density at radius 2 is 0.574 bits per heavy atom. The molecule has 396 valence electrons. The van der Waals surface area contributed by atoms with Gasteiger partial charge in [-0.15, -0.1) is 0 Å². The van der Waals surface area contributed by atoms with E-state index in [1.807, 2.05) is 30.4 Å². The minimum Gasteiger partial charge on any atom is -0.462 e. The Balaban J connectivity index is 4.33. The Kier molecular flexibility index (Phi) is 54.8. The second-order valence-electron chi connectivity index (χ2n) is 20.0. The maximum Gasteiger partial charge on any atom is 0.306 e. The zero-order valence-electron chi connectivity index (χ0n) is 45.4. The predicted molar refractivity (Wildman–Crippen MR) is 293 cm³/mol. The standard InChI is InChI=1S/C62H112O6/c1-4-7-10-13-16-19-22-25-27-29-31-33-34-37-40-43-46-49-52-55-61(64)67-58-59(57-66-60(63)54-51-48-45-42-39-36-24-21-18-15-12-9-6-3)68-62(65)56-53-50-47-44-41-38-35-32-30-28-26-23-20-17-14-11-8-5-2/h9,12,15,18,21,24,36,39,59H,4-8,10-11,13-14,16-17,19-20,22-23,25-35,37-38,40-58H2,1-3H3/b12-9+,18-15+,24-21+,39-36+. The highest BCUT2D eigenvalue weighted by atomic mass is 16.6. The van der Waals surface area contributed by atoms with Crippen LogP contribution in [-0.4, -0.2) is 37.2 Å². The zero-order chi connectivity index (χ0) is 49.3. The molecule has 0 aliphatic heterocycles. The van der Waals surface area contributed by atoms with Crippen molar-refractivity contribution in [1.82, 2.24) is 0 Å². The second-order valence-corrected chi connectivity index (χ2v) is 20.0. The van der Waals surface area contributed by atoms with Crippen LogP contribution in [0.2, 0.25) is 0 Å². The molecule has 0 heterocycles. The smallest absolute Gasteiger partial charge is 0.306 e. The van der Waals surface area contributed by atoms with Crippen LogP contribution in [0.3, 0.4) is 0 Å². The van der Waals surface area contributed by atoms with Crippen LogP contribution >= 0.6 is 0 Å². The summed E-state index contributed by atoms with van der Waals surface area (Å²) in [5, 5.41) is 0. The summed E-state index contributed by atoms with van der Waals surface area (Å²) in [6.07, 6.45) is 69.7. The first-order valence-electron chi connectivity index (χ1n) is 29.7. The molecule has 6 nitrogen and oxygen atoms in total. The molecule has 0 N–H and O–H groups in total. The summed E-state index contributed by atoms with van der Waals surface area (Å²) in [6, 6.07) is 0. The first kappa shape index (κ1) is 65.4. The van der Waals surface area contributed by atoms with E-state index in [4.69, 9.17) is 14.2 Å². The molecule has 1 unspecified atom stereocenters. The molecule has 0 bridgehead atoms. The van der Waals surface area contributed by atoms with Crippen molar-refractivity contribution in [3.8, 4) is 0 Å². The summed E-state index contributed by atoms with van der Waals surface area (Å²) in [4.78, 5) is 38.2. The number of esters is 3. The lowest BCUT2D eigenvalue weighted by molar-refractivity contribution is -0.167. The van der Waals surface area contributed by atoms with Gasteiger partial charge in [-0.05, 0) is 38.5 Å². The van der Waals surface area contributed by atoms with Gasteiger partial charge in [0.1, 0.15) is 13.2 Å². The van der Waals surface area contributed by atoms with Gasteiger partial charge in [0.15, 0.2) is 6.10 Å². The Labute approximate surface area is 422 Å². The number of allylic oxidation sites excluding steroid dienone is 8. The largest absolute Gasteiger partial charge is 0.462 e. The minimum absolute atomic E-state index is 0.0812. The third kappa shape index (κ3) is 54.3. The fourth-order valence-electron chi connectivity index (χ4n) is 8.75. The summed E-state index contributed by atoms with van der Waals surface area (Å²) >= 11 is 0. The summed E-state index contributed by atoms with van der Waals surface area (Å²) in [7, 11) is 0. The van der Waals surface area contributed by atoms with E-state index in [0.717, 1.165) is 70.6 Å². The van der Waals surface area contributed by atoms with E-state index in [1.54, 1.807) is 0 Å². The summed E-state index contributed by atoms with van der Waals surface area (Å²) in [5.41, 5.74) is 0. The van der Waals surface area contributed by atoms with Crippen molar-refractivity contribution in [2.75, 3.05) is 13.2 Å². The average molecular weight is 954 g/mol. The highest BCUT2D eigenvalue weighted by Gasteiger charge is 2.19. The van der Waals surface area contributed by atoms with Crippen LogP contribution < -0.4 is 0 Å². The van der Waals surface area contributed by atoms with Gasteiger partial charge >= 0.3 is 17.9 Å². The predicted octanol–water partition coefficient (Wildman–Crippen LogP) is 19.8. The van der Waals surface area contributed by atoms with Crippen molar-refractivity contribution in [2.24, 2.45) is 0 Å². The van der Waals surface area contributed by atoms with Gasteiger partial charge in [0.05, 0.1) is 0 Å². The van der Waals surface area contributed by atoms with Crippen molar-refractivity contribution >= 4 is 17.9 Å². The number of hydrogen-bond donors (Lipinski definition) is 0. The monoisotopic (exact) mass is 953 g/mol. The normalized spacial score (nSPS) is 12.3. The van der Waals surface area contributed by atoms with Crippen LogP contribution in [0, 0.1) is 0 Å². The lowest BCUT2D eigenvalue weighted by Crippen LogP contribution is -2.30. The number of ether oxygens (including phenoxy) is 3. The first-order valence-corrected chi connectivity index (χ1v) is 29.7. The molecule has 0 saturated heterocycles. The van der Waals surface area contributed by atoms with E-state index in [-0.39, 0.29) is 31.1 Å². The van der Waals surface area contributed by atoms with Gasteiger partial charge in [-0.3, -0.25) is 14.4 Å². The van der Waals surface area contributed by atoms with Crippen molar-refractivity contribution in [2.45, 2.75) is 316 Å². The van der Waals surface area contributed by atoms with E-state index >= 15 is 0 Å². The van der Waals surface area contributed by atoms with E-state index in [2.05, 4.69) is 39.0 Å². The fraction of sp³-hybridized carbons (Fsp3) is 0.823. The van der Waals surface area contributed by atoms with Crippen LogP contribution in [0.5, 0.6) is 0 Å². The van der Waals surface area contributed by atoms with Gasteiger partial charge in [0.2, 0.25) is 0 Å². The highest BCUT2D eigenvalue weighted by Crippen LogP contribution is 2.17. The molecule has 0 rings (SSSR count). The van der Waals surface area contributed by atoms with Gasteiger partial charge in [-0.25, -0.2) is 0 Å². The minimum atomic E-state index is -0.785. The Bertz CT molecular complexity index is 1190. The van der Waals surface area contributed by atoms with Gasteiger partial charge in [0.25, 0.3) is 0 Å². The molecule has 0 aromatic carbocycles. The molecule has 0 fully saturated rings. The molecule has 0 spiro atoms. The topological polar surface area (TPSA) is 78.9 Å². The molecule has 0 radical (unpaired) electrons. The SMILES string of the molecule is CC/C=C/C=C/C=C/C=C/CCCCCC(=O)OCC(COC(=O)CCCCCCCCCCCCCCCCCCCCC)OC(=O)CCCCCCCCCCCCCCCCCCCC. The van der Waals surface area contributed by atoms with E-state index in [0.29, 0.717) is 19.3 Å². The lowest BCUT2D eigenvalue weighted by Gasteiger charge is -2.18. The van der Waals surface area contributed by atoms with Crippen LogP contribution in [-0.2, 0) is 28.6 Å². The molecule has 6 heteroatoms. The average Bonchev–Trinajstić information content (AvgIpc) is 3.34. The maximum absolute atomic E-state index is 12.9. The number of hydrogen-bond acceptors (Lipinski definition) is 6. The van der Waals surface area contributed by atoms with E-state index in [1.165, 1.54) is 199 Å². The van der Waals surface area contributed by atoms with Gasteiger partial charge in [0, 0.05) is 19.3 Å².